The molecule has 0 aromatic heterocycles. The molecule has 0 spiro atoms. The van der Waals surface area contributed by atoms with Gasteiger partial charge in [-0.05, 0) is 23.5 Å². The van der Waals surface area contributed by atoms with Crippen molar-refractivity contribution in [3.05, 3.63) is 65.2 Å². The van der Waals surface area contributed by atoms with Crippen molar-refractivity contribution in [3.8, 4) is 0 Å². The lowest BCUT2D eigenvalue weighted by Gasteiger charge is -2.12. The molecule has 0 radical (unpaired) electrons. The molecule has 1 atom stereocenters. The maximum Gasteiger partial charge on any atom is 0.488 e. The molecule has 0 aliphatic carbocycles. The van der Waals surface area contributed by atoms with Gasteiger partial charge < -0.3 is 15.2 Å². The van der Waals surface area contributed by atoms with Gasteiger partial charge in [0, 0.05) is 0 Å². The van der Waals surface area contributed by atoms with Crippen LogP contribution in [-0.2, 0) is 0 Å². The van der Waals surface area contributed by atoms with E-state index in [4.69, 9.17) is 10.0 Å². The number of hydrogen-bond donors (Lipinski definition) is 3. The fourth-order valence-corrected chi connectivity index (χ4v) is 1.79. The number of rotatable bonds is 3. The summed E-state index contributed by atoms with van der Waals surface area (Å²) in [5, 5.41) is 28.2. The molecule has 0 heterocycles. The molecular weight excluding hydrogens is 227 g/mol. The molecule has 2 rings (SSSR count). The molecule has 4 heteroatoms. The zero-order valence-corrected chi connectivity index (χ0v) is 10.1. The zero-order valence-electron chi connectivity index (χ0n) is 10.1. The lowest BCUT2D eigenvalue weighted by Crippen LogP contribution is -2.29. The van der Waals surface area contributed by atoms with E-state index in [0.29, 0.717) is 5.46 Å². The molecule has 2 aromatic rings. The Kier molecular flexibility index (Phi) is 3.82. The van der Waals surface area contributed by atoms with Crippen molar-refractivity contribution in [1.82, 2.24) is 0 Å². The summed E-state index contributed by atoms with van der Waals surface area (Å²) in [5.41, 5.74) is 3.10. The van der Waals surface area contributed by atoms with Crippen LogP contribution >= 0.6 is 0 Å². The molecule has 0 aliphatic heterocycles. The van der Waals surface area contributed by atoms with Crippen LogP contribution in [0.4, 0.5) is 0 Å². The predicted molar refractivity (Wildman–Crippen MR) is 71.5 cm³/mol. The lowest BCUT2D eigenvalue weighted by molar-refractivity contribution is 0.220. The molecule has 2 aromatic carbocycles. The molecule has 0 saturated heterocycles. The molecule has 0 aliphatic rings. The normalized spacial score (nSPS) is 12.2. The van der Waals surface area contributed by atoms with Crippen molar-refractivity contribution in [3.63, 3.8) is 0 Å². The van der Waals surface area contributed by atoms with E-state index in [9.17, 15) is 5.11 Å². The Balaban J connectivity index is 2.23. The summed E-state index contributed by atoms with van der Waals surface area (Å²) in [6.45, 7) is 1.99. The average Bonchev–Trinajstić information content (AvgIpc) is 2.39. The number of aliphatic hydroxyl groups is 1. The Morgan fingerprint density at radius 1 is 0.833 bits per heavy atom. The van der Waals surface area contributed by atoms with Crippen LogP contribution in [0, 0.1) is 6.92 Å². The largest absolute Gasteiger partial charge is 0.488 e. The average molecular weight is 242 g/mol. The first kappa shape index (κ1) is 12.8. The summed E-state index contributed by atoms with van der Waals surface area (Å²) in [4.78, 5) is 0. The lowest BCUT2D eigenvalue weighted by atomic mass is 9.80. The monoisotopic (exact) mass is 242 g/mol. The van der Waals surface area contributed by atoms with Crippen LogP contribution in [0.5, 0.6) is 0 Å². The molecule has 0 fully saturated rings. The highest BCUT2D eigenvalue weighted by Gasteiger charge is 2.13. The van der Waals surface area contributed by atoms with Crippen molar-refractivity contribution in [1.29, 1.82) is 0 Å². The molecular formula is C14H15BO3. The third-order valence-corrected chi connectivity index (χ3v) is 2.94. The number of benzene rings is 2. The quantitative estimate of drug-likeness (QED) is 0.696. The van der Waals surface area contributed by atoms with Gasteiger partial charge in [-0.2, -0.15) is 0 Å². The summed E-state index contributed by atoms with van der Waals surface area (Å²) in [7, 11) is -1.48. The molecule has 0 bridgehead atoms. The topological polar surface area (TPSA) is 60.7 Å². The standard InChI is InChI=1S/C14H15BO3/c1-10-2-4-11(5-3-10)14(16)12-6-8-13(9-7-12)15(17)18/h2-9,14,16-18H,1H3. The van der Waals surface area contributed by atoms with Gasteiger partial charge in [-0.3, -0.25) is 0 Å². The van der Waals surface area contributed by atoms with Crippen LogP contribution in [-0.4, -0.2) is 22.3 Å². The van der Waals surface area contributed by atoms with E-state index in [0.717, 1.165) is 16.7 Å². The molecule has 3 N–H and O–H groups in total. The summed E-state index contributed by atoms with van der Waals surface area (Å²) >= 11 is 0. The van der Waals surface area contributed by atoms with Crippen LogP contribution in [0.25, 0.3) is 0 Å². The van der Waals surface area contributed by atoms with Crippen molar-refractivity contribution >= 4 is 12.6 Å². The summed E-state index contributed by atoms with van der Waals surface area (Å²) < 4.78 is 0. The van der Waals surface area contributed by atoms with Gasteiger partial charge in [0.25, 0.3) is 0 Å². The number of aryl methyl sites for hydroxylation is 1. The van der Waals surface area contributed by atoms with Gasteiger partial charge in [-0.1, -0.05) is 54.1 Å². The Labute approximate surface area is 106 Å². The fourth-order valence-electron chi connectivity index (χ4n) is 1.79. The number of aliphatic hydroxyl groups excluding tert-OH is 1. The highest BCUT2D eigenvalue weighted by molar-refractivity contribution is 6.58. The summed E-state index contributed by atoms with van der Waals surface area (Å²) in [6.07, 6.45) is -0.699. The minimum Gasteiger partial charge on any atom is -0.423 e. The highest BCUT2D eigenvalue weighted by atomic mass is 16.4. The van der Waals surface area contributed by atoms with E-state index in [-0.39, 0.29) is 0 Å². The molecule has 92 valence electrons. The minimum absolute atomic E-state index is 0.412. The van der Waals surface area contributed by atoms with Gasteiger partial charge in [0.2, 0.25) is 0 Å². The molecule has 1 unspecified atom stereocenters. The van der Waals surface area contributed by atoms with Crippen molar-refractivity contribution in [2.45, 2.75) is 13.0 Å². The van der Waals surface area contributed by atoms with Crippen LogP contribution in [0.1, 0.15) is 22.8 Å². The second-order valence-electron chi connectivity index (χ2n) is 4.35. The highest BCUT2D eigenvalue weighted by Crippen LogP contribution is 2.21. The molecule has 0 saturated carbocycles. The van der Waals surface area contributed by atoms with Crippen LogP contribution in [0.15, 0.2) is 48.5 Å². The van der Waals surface area contributed by atoms with Gasteiger partial charge in [0.15, 0.2) is 0 Å². The number of hydrogen-bond acceptors (Lipinski definition) is 3. The van der Waals surface area contributed by atoms with Crippen molar-refractivity contribution in [2.75, 3.05) is 0 Å². The Bertz CT molecular complexity index is 506. The summed E-state index contributed by atoms with van der Waals surface area (Å²) in [6, 6.07) is 14.2. The smallest absolute Gasteiger partial charge is 0.423 e. The van der Waals surface area contributed by atoms with Gasteiger partial charge in [0.1, 0.15) is 6.10 Å². The SMILES string of the molecule is Cc1ccc(C(O)c2ccc(B(O)O)cc2)cc1. The second-order valence-corrected chi connectivity index (χ2v) is 4.35. The first-order valence-electron chi connectivity index (χ1n) is 5.78. The van der Waals surface area contributed by atoms with Gasteiger partial charge in [-0.25, -0.2) is 0 Å². The maximum atomic E-state index is 10.2. The predicted octanol–water partition coefficient (Wildman–Crippen LogP) is 0.757. The van der Waals surface area contributed by atoms with Crippen molar-refractivity contribution < 1.29 is 15.2 Å². The fraction of sp³-hybridized carbons (Fsp3) is 0.143. The van der Waals surface area contributed by atoms with E-state index < -0.39 is 13.2 Å². The van der Waals surface area contributed by atoms with E-state index in [1.807, 2.05) is 31.2 Å². The second kappa shape index (κ2) is 5.35. The molecule has 0 amide bonds. The first-order chi connectivity index (χ1) is 8.58. The summed E-state index contributed by atoms with van der Waals surface area (Å²) in [5.74, 6) is 0. The van der Waals surface area contributed by atoms with E-state index in [1.54, 1.807) is 24.3 Å². The van der Waals surface area contributed by atoms with E-state index >= 15 is 0 Å². The van der Waals surface area contributed by atoms with E-state index in [1.165, 1.54) is 0 Å². The Morgan fingerprint density at radius 2 is 1.28 bits per heavy atom. The third kappa shape index (κ3) is 2.79. The van der Waals surface area contributed by atoms with Crippen LogP contribution in [0.3, 0.4) is 0 Å². The van der Waals surface area contributed by atoms with Crippen LogP contribution in [0.2, 0.25) is 0 Å². The molecule has 3 nitrogen and oxygen atoms in total. The minimum atomic E-state index is -1.48. The Hall–Kier alpha value is -1.62. The maximum absolute atomic E-state index is 10.2. The zero-order chi connectivity index (χ0) is 13.1. The van der Waals surface area contributed by atoms with Gasteiger partial charge in [0.05, 0.1) is 0 Å². The third-order valence-electron chi connectivity index (χ3n) is 2.94. The van der Waals surface area contributed by atoms with Gasteiger partial charge in [-0.15, -0.1) is 0 Å². The van der Waals surface area contributed by atoms with Crippen molar-refractivity contribution in [2.24, 2.45) is 0 Å². The first-order valence-corrected chi connectivity index (χ1v) is 5.78. The van der Waals surface area contributed by atoms with Gasteiger partial charge >= 0.3 is 7.12 Å². The van der Waals surface area contributed by atoms with Crippen LogP contribution < -0.4 is 5.46 Å². The van der Waals surface area contributed by atoms with E-state index in [2.05, 4.69) is 0 Å². The molecule has 18 heavy (non-hydrogen) atoms. The Morgan fingerprint density at radius 3 is 1.72 bits per heavy atom.